The summed E-state index contributed by atoms with van der Waals surface area (Å²) in [4.78, 5) is 29.2. The van der Waals surface area contributed by atoms with E-state index < -0.39 is 6.10 Å². The van der Waals surface area contributed by atoms with Crippen LogP contribution in [0.1, 0.15) is 42.6 Å². The van der Waals surface area contributed by atoms with E-state index in [2.05, 4.69) is 70.5 Å². The number of aliphatic hydroxyl groups is 1. The van der Waals surface area contributed by atoms with Gasteiger partial charge in [0.15, 0.2) is 5.13 Å². The van der Waals surface area contributed by atoms with Crippen LogP contribution in [0.2, 0.25) is 0 Å². The number of fused-ring (bicyclic) bond motifs is 1. The molecule has 10 nitrogen and oxygen atoms in total. The van der Waals surface area contributed by atoms with Crippen LogP contribution in [0, 0.1) is 24.1 Å². The van der Waals surface area contributed by atoms with Gasteiger partial charge in [-0.05, 0) is 63.1 Å². The number of nitriles is 1. The maximum Gasteiger partial charge on any atom is 0.236 e. The SMILES string of the molecule is CCc1nc2c(C)cc(N3CCN(CC(=O)N4CC(O)C4)C(C)(C)C3)cn2c1CNc1nc(-c2ccc(F)cc2)c(C#N)s1. The van der Waals surface area contributed by atoms with E-state index >= 15 is 0 Å². The van der Waals surface area contributed by atoms with Crippen LogP contribution in [0.3, 0.4) is 0 Å². The van der Waals surface area contributed by atoms with Gasteiger partial charge in [-0.25, -0.2) is 14.4 Å². The van der Waals surface area contributed by atoms with Crippen LogP contribution in [0.4, 0.5) is 15.2 Å². The number of pyridine rings is 1. The Hall–Kier alpha value is -4.05. The third kappa shape index (κ3) is 5.75. The number of anilines is 2. The van der Waals surface area contributed by atoms with E-state index in [9.17, 15) is 19.6 Å². The number of piperazine rings is 1. The van der Waals surface area contributed by atoms with E-state index in [-0.39, 0.29) is 17.3 Å². The standard InChI is InChI=1S/C32H37FN8O2S/c1-5-25-26(14-35-31-37-29(27(13-34)44-31)21-6-8-22(33)9-7-21)41-15-23(12-20(2)30(41)36-25)38-10-11-40(32(3,4)19-38)18-28(43)39-16-24(42)17-39/h6-9,12,15,24,42H,5,10-11,14,16-19H2,1-4H3,(H,35,37). The number of nitrogens with zero attached hydrogens (tertiary/aromatic N) is 7. The van der Waals surface area contributed by atoms with Crippen molar-refractivity contribution in [2.24, 2.45) is 0 Å². The number of aryl methyl sites for hydroxylation is 2. The van der Waals surface area contributed by atoms with Crippen molar-refractivity contribution >= 4 is 33.7 Å². The van der Waals surface area contributed by atoms with E-state index in [1.54, 1.807) is 17.0 Å². The van der Waals surface area contributed by atoms with Gasteiger partial charge in [0.05, 0.1) is 36.3 Å². The third-order valence-corrected chi connectivity index (χ3v) is 9.56. The highest BCUT2D eigenvalue weighted by molar-refractivity contribution is 7.16. The number of likely N-dealkylation sites (tertiary alicyclic amines) is 1. The quantitative estimate of drug-likeness (QED) is 0.305. The van der Waals surface area contributed by atoms with Gasteiger partial charge in [0.1, 0.15) is 28.1 Å². The minimum atomic E-state index is -0.394. The van der Waals surface area contributed by atoms with Crippen LogP contribution < -0.4 is 10.2 Å². The lowest BCUT2D eigenvalue weighted by Crippen LogP contribution is -2.63. The van der Waals surface area contributed by atoms with Crippen molar-refractivity contribution in [1.29, 1.82) is 5.26 Å². The lowest BCUT2D eigenvalue weighted by Gasteiger charge is -2.48. The number of nitrogens with one attached hydrogen (secondary N) is 1. The molecule has 5 heterocycles. The first-order chi connectivity index (χ1) is 21.1. The Morgan fingerprint density at radius 3 is 2.64 bits per heavy atom. The van der Waals surface area contributed by atoms with E-state index in [0.717, 1.165) is 54.3 Å². The number of thiazole rings is 1. The molecular formula is C32H37FN8O2S. The fraction of sp³-hybridized carbons (Fsp3) is 0.438. The summed E-state index contributed by atoms with van der Waals surface area (Å²) in [6.07, 6.45) is 2.52. The number of β-amino-alcohol motifs (C(OH)–C–C–N with tert-alkyl or cyclic N) is 1. The van der Waals surface area contributed by atoms with Crippen molar-refractivity contribution in [3.8, 4) is 17.3 Å². The molecular weight excluding hydrogens is 579 g/mol. The number of aliphatic hydroxyl groups excluding tert-OH is 1. The molecule has 0 bridgehead atoms. The predicted molar refractivity (Wildman–Crippen MR) is 169 cm³/mol. The van der Waals surface area contributed by atoms with Crippen LogP contribution in [-0.2, 0) is 17.8 Å². The van der Waals surface area contributed by atoms with E-state index in [1.807, 2.05) is 0 Å². The molecule has 2 fully saturated rings. The molecule has 0 unspecified atom stereocenters. The number of hydrogen-bond acceptors (Lipinski definition) is 9. The molecule has 0 spiro atoms. The maximum absolute atomic E-state index is 13.5. The van der Waals surface area contributed by atoms with E-state index in [4.69, 9.17) is 4.98 Å². The van der Waals surface area contributed by atoms with Gasteiger partial charge in [-0.3, -0.25) is 14.1 Å². The average molecular weight is 617 g/mol. The van der Waals surface area contributed by atoms with Crippen molar-refractivity contribution in [3.63, 3.8) is 0 Å². The van der Waals surface area contributed by atoms with Crippen LogP contribution in [0.25, 0.3) is 16.9 Å². The van der Waals surface area contributed by atoms with Crippen molar-refractivity contribution in [3.05, 3.63) is 64.2 Å². The van der Waals surface area contributed by atoms with Crippen LogP contribution in [0.5, 0.6) is 0 Å². The summed E-state index contributed by atoms with van der Waals surface area (Å²) in [6.45, 7) is 12.5. The highest BCUT2D eigenvalue weighted by Crippen LogP contribution is 2.32. The molecule has 2 N–H and O–H groups in total. The normalized spacial score (nSPS) is 17.1. The molecule has 4 aromatic rings. The van der Waals surface area contributed by atoms with Crippen molar-refractivity contribution in [2.75, 3.05) is 49.5 Å². The van der Waals surface area contributed by atoms with Gasteiger partial charge in [0, 0.05) is 50.0 Å². The minimum Gasteiger partial charge on any atom is -0.389 e. The van der Waals surface area contributed by atoms with Gasteiger partial charge in [-0.2, -0.15) is 5.26 Å². The smallest absolute Gasteiger partial charge is 0.236 e. The zero-order valence-electron chi connectivity index (χ0n) is 25.5. The van der Waals surface area contributed by atoms with Crippen molar-refractivity contribution in [1.82, 2.24) is 24.2 Å². The molecule has 0 atom stereocenters. The number of aromatic nitrogens is 3. The van der Waals surface area contributed by atoms with Gasteiger partial charge < -0.3 is 20.2 Å². The Balaban J connectivity index is 1.22. The highest BCUT2D eigenvalue weighted by Gasteiger charge is 2.37. The second kappa shape index (κ2) is 11.8. The summed E-state index contributed by atoms with van der Waals surface area (Å²) >= 11 is 1.28. The second-order valence-electron chi connectivity index (χ2n) is 12.2. The van der Waals surface area contributed by atoms with Gasteiger partial charge in [-0.15, -0.1) is 0 Å². The second-order valence-corrected chi connectivity index (χ2v) is 13.2. The van der Waals surface area contributed by atoms with Crippen molar-refractivity contribution < 1.29 is 14.3 Å². The lowest BCUT2D eigenvalue weighted by atomic mass is 9.98. The molecule has 0 aliphatic carbocycles. The number of benzene rings is 1. The summed E-state index contributed by atoms with van der Waals surface area (Å²) in [5, 5.41) is 23.3. The largest absolute Gasteiger partial charge is 0.389 e. The molecule has 1 amide bonds. The van der Waals surface area contributed by atoms with Gasteiger partial charge in [0.25, 0.3) is 0 Å². The Morgan fingerprint density at radius 2 is 1.98 bits per heavy atom. The Bertz CT molecular complexity index is 1740. The minimum absolute atomic E-state index is 0.0728. The first kappa shape index (κ1) is 30.0. The molecule has 2 saturated heterocycles. The number of carbonyl (C=O) groups excluding carboxylic acids is 1. The van der Waals surface area contributed by atoms with Crippen LogP contribution in [-0.4, -0.2) is 86.1 Å². The monoisotopic (exact) mass is 616 g/mol. The number of rotatable bonds is 8. The van der Waals surface area contributed by atoms with E-state index in [1.165, 1.54) is 23.5 Å². The molecule has 44 heavy (non-hydrogen) atoms. The molecule has 6 rings (SSSR count). The number of halogens is 1. The number of hydrogen-bond donors (Lipinski definition) is 2. The first-order valence-corrected chi connectivity index (χ1v) is 15.7. The van der Waals surface area contributed by atoms with Gasteiger partial charge >= 0.3 is 0 Å². The number of imidazole rings is 1. The Labute approximate surface area is 260 Å². The Kier molecular flexibility index (Phi) is 8.04. The summed E-state index contributed by atoms with van der Waals surface area (Å²) in [5.41, 5.74) is 6.13. The summed E-state index contributed by atoms with van der Waals surface area (Å²) in [6, 6.07) is 10.4. The first-order valence-electron chi connectivity index (χ1n) is 14.9. The Morgan fingerprint density at radius 1 is 1.23 bits per heavy atom. The maximum atomic E-state index is 13.5. The third-order valence-electron chi connectivity index (χ3n) is 8.64. The number of amides is 1. The molecule has 230 valence electrons. The molecule has 3 aromatic heterocycles. The summed E-state index contributed by atoms with van der Waals surface area (Å²) in [7, 11) is 0. The topological polar surface area (TPSA) is 113 Å². The van der Waals surface area contributed by atoms with Crippen molar-refractivity contribution in [2.45, 2.75) is 52.3 Å². The van der Waals surface area contributed by atoms with E-state index in [0.29, 0.717) is 47.4 Å². The molecule has 2 aliphatic heterocycles. The predicted octanol–water partition coefficient (Wildman–Crippen LogP) is 4.06. The average Bonchev–Trinajstić information content (AvgIpc) is 3.56. The fourth-order valence-electron chi connectivity index (χ4n) is 6.09. The molecule has 1 aromatic carbocycles. The number of carbonyl (C=O) groups is 1. The molecule has 12 heteroatoms. The molecule has 0 saturated carbocycles. The van der Waals surface area contributed by atoms with Gasteiger partial charge in [-0.1, -0.05) is 18.3 Å². The summed E-state index contributed by atoms with van der Waals surface area (Å²) in [5.74, 6) is -0.261. The van der Waals surface area contributed by atoms with Gasteiger partial charge in [0.2, 0.25) is 5.91 Å². The zero-order valence-corrected chi connectivity index (χ0v) is 26.3. The lowest BCUT2D eigenvalue weighted by molar-refractivity contribution is -0.144. The molecule has 0 radical (unpaired) electrons. The highest BCUT2D eigenvalue weighted by atomic mass is 32.1. The fourth-order valence-corrected chi connectivity index (χ4v) is 6.87. The van der Waals surface area contributed by atoms with Crippen LogP contribution >= 0.6 is 11.3 Å². The van der Waals surface area contributed by atoms with Crippen LogP contribution in [0.15, 0.2) is 36.5 Å². The molecule has 2 aliphatic rings. The summed E-state index contributed by atoms with van der Waals surface area (Å²) < 4.78 is 15.6. The zero-order chi connectivity index (χ0) is 31.2.